The lowest BCUT2D eigenvalue weighted by molar-refractivity contribution is -0.117. The third kappa shape index (κ3) is 4.72. The van der Waals surface area contributed by atoms with Crippen molar-refractivity contribution in [2.45, 2.75) is 26.7 Å². The van der Waals surface area contributed by atoms with Gasteiger partial charge in [-0.2, -0.15) is 0 Å². The fourth-order valence-corrected chi connectivity index (χ4v) is 3.40. The lowest BCUT2D eigenvalue weighted by Crippen LogP contribution is -2.50. The molecule has 1 N–H and O–H groups in total. The number of para-hydroxylation sites is 1. The van der Waals surface area contributed by atoms with Crippen LogP contribution in [0, 0.1) is 6.92 Å². The summed E-state index contributed by atoms with van der Waals surface area (Å²) in [7, 11) is 0. The van der Waals surface area contributed by atoms with Crippen LogP contribution in [-0.2, 0) is 4.79 Å². The summed E-state index contributed by atoms with van der Waals surface area (Å²) in [5, 5.41) is 3.09. The van der Waals surface area contributed by atoms with Crippen molar-refractivity contribution >= 4 is 17.5 Å². The molecule has 0 spiro atoms. The van der Waals surface area contributed by atoms with E-state index in [1.165, 1.54) is 12.4 Å². The molecule has 2 aromatic rings. The molecule has 7 nitrogen and oxygen atoms in total. The number of rotatable bonds is 5. The van der Waals surface area contributed by atoms with Crippen LogP contribution in [0.15, 0.2) is 36.8 Å². The van der Waals surface area contributed by atoms with Gasteiger partial charge >= 0.3 is 0 Å². The smallest absolute Gasteiger partial charge is 0.274 e. The predicted octanol–water partition coefficient (Wildman–Crippen LogP) is 2.30. The normalized spacial score (nSPS) is 14.9. The minimum absolute atomic E-state index is 0.0232. The molecule has 1 aliphatic rings. The van der Waals surface area contributed by atoms with Crippen molar-refractivity contribution in [3.63, 3.8) is 0 Å². The highest BCUT2D eigenvalue weighted by atomic mass is 16.2. The second kappa shape index (κ2) is 8.93. The van der Waals surface area contributed by atoms with E-state index in [0.717, 1.165) is 16.8 Å². The van der Waals surface area contributed by atoms with Gasteiger partial charge in [0.05, 0.1) is 12.7 Å². The van der Waals surface area contributed by atoms with Crippen molar-refractivity contribution in [1.82, 2.24) is 19.8 Å². The van der Waals surface area contributed by atoms with Crippen LogP contribution in [0.25, 0.3) is 0 Å². The summed E-state index contributed by atoms with van der Waals surface area (Å²) >= 11 is 0. The van der Waals surface area contributed by atoms with E-state index in [1.54, 1.807) is 11.1 Å². The van der Waals surface area contributed by atoms with Crippen molar-refractivity contribution in [1.29, 1.82) is 0 Å². The number of amides is 2. The SMILES string of the molecule is Cc1cccc(C(C)C)c1NC(=O)CN1CCN(C(=O)c2cnccn2)CC1. The van der Waals surface area contributed by atoms with Crippen LogP contribution >= 0.6 is 0 Å². The number of nitrogens with zero attached hydrogens (tertiary/aromatic N) is 4. The number of carbonyl (C=O) groups excluding carboxylic acids is 2. The Hall–Kier alpha value is -2.80. The fraction of sp³-hybridized carbons (Fsp3) is 0.429. The predicted molar refractivity (Wildman–Crippen MR) is 108 cm³/mol. The Morgan fingerprint density at radius 3 is 2.54 bits per heavy atom. The van der Waals surface area contributed by atoms with Crippen LogP contribution in [0.2, 0.25) is 0 Å². The van der Waals surface area contributed by atoms with Crippen LogP contribution in [-0.4, -0.2) is 64.3 Å². The lowest BCUT2D eigenvalue weighted by Gasteiger charge is -2.34. The summed E-state index contributed by atoms with van der Waals surface area (Å²) < 4.78 is 0. The summed E-state index contributed by atoms with van der Waals surface area (Å²) in [5.41, 5.74) is 3.49. The molecule has 1 aliphatic heterocycles. The van der Waals surface area contributed by atoms with Crippen molar-refractivity contribution in [2.75, 3.05) is 38.0 Å². The molecule has 2 amide bonds. The summed E-state index contributed by atoms with van der Waals surface area (Å²) in [5.74, 6) is 0.203. The zero-order chi connectivity index (χ0) is 20.1. The molecule has 28 heavy (non-hydrogen) atoms. The fourth-order valence-electron chi connectivity index (χ4n) is 3.40. The third-order valence-electron chi connectivity index (χ3n) is 5.00. The maximum atomic E-state index is 12.6. The second-order valence-electron chi connectivity index (χ2n) is 7.40. The number of benzene rings is 1. The van der Waals surface area contributed by atoms with Crippen LogP contribution in [0.3, 0.4) is 0 Å². The zero-order valence-corrected chi connectivity index (χ0v) is 16.7. The lowest BCUT2D eigenvalue weighted by atomic mass is 9.98. The van der Waals surface area contributed by atoms with E-state index in [4.69, 9.17) is 0 Å². The van der Waals surface area contributed by atoms with Gasteiger partial charge in [-0.1, -0.05) is 32.0 Å². The summed E-state index contributed by atoms with van der Waals surface area (Å²) in [6, 6.07) is 6.09. The van der Waals surface area contributed by atoms with Gasteiger partial charge in [-0.25, -0.2) is 4.98 Å². The monoisotopic (exact) mass is 381 g/mol. The molecular formula is C21H27N5O2. The molecule has 1 aromatic carbocycles. The minimum Gasteiger partial charge on any atom is -0.335 e. The molecule has 0 saturated carbocycles. The Kier molecular flexibility index (Phi) is 6.36. The van der Waals surface area contributed by atoms with Gasteiger partial charge in [0.1, 0.15) is 5.69 Å². The first-order valence-electron chi connectivity index (χ1n) is 9.62. The topological polar surface area (TPSA) is 78.4 Å². The highest BCUT2D eigenvalue weighted by Crippen LogP contribution is 2.27. The number of nitrogens with one attached hydrogen (secondary N) is 1. The quantitative estimate of drug-likeness (QED) is 0.860. The number of hydrogen-bond donors (Lipinski definition) is 1. The average molecular weight is 381 g/mol. The molecule has 0 aliphatic carbocycles. The van der Waals surface area contributed by atoms with E-state index in [0.29, 0.717) is 44.3 Å². The molecule has 1 fully saturated rings. The Bertz CT molecular complexity index is 830. The largest absolute Gasteiger partial charge is 0.335 e. The number of anilines is 1. The molecule has 2 heterocycles. The Morgan fingerprint density at radius 1 is 1.14 bits per heavy atom. The van der Waals surface area contributed by atoms with Gasteiger partial charge in [0.2, 0.25) is 5.91 Å². The van der Waals surface area contributed by atoms with E-state index in [2.05, 4.69) is 40.1 Å². The van der Waals surface area contributed by atoms with Crippen LogP contribution in [0.1, 0.15) is 41.4 Å². The molecule has 0 radical (unpaired) electrons. The van der Waals surface area contributed by atoms with Gasteiger partial charge in [-0.05, 0) is 24.0 Å². The maximum absolute atomic E-state index is 12.6. The number of hydrogen-bond acceptors (Lipinski definition) is 5. The van der Waals surface area contributed by atoms with E-state index < -0.39 is 0 Å². The van der Waals surface area contributed by atoms with Crippen molar-refractivity contribution < 1.29 is 9.59 Å². The van der Waals surface area contributed by atoms with Gasteiger partial charge in [-0.3, -0.25) is 19.5 Å². The third-order valence-corrected chi connectivity index (χ3v) is 5.00. The van der Waals surface area contributed by atoms with E-state index in [-0.39, 0.29) is 11.8 Å². The van der Waals surface area contributed by atoms with Crippen molar-refractivity contribution in [2.24, 2.45) is 0 Å². The Morgan fingerprint density at radius 2 is 1.89 bits per heavy atom. The summed E-state index contributed by atoms with van der Waals surface area (Å²) in [6.07, 6.45) is 4.55. The number of carbonyl (C=O) groups is 2. The van der Waals surface area contributed by atoms with Gasteiger partial charge in [0, 0.05) is 44.3 Å². The first-order chi connectivity index (χ1) is 13.5. The number of aromatic nitrogens is 2. The van der Waals surface area contributed by atoms with Crippen molar-refractivity contribution in [3.8, 4) is 0 Å². The summed E-state index contributed by atoms with van der Waals surface area (Å²) in [6.45, 7) is 9.04. The molecule has 0 atom stereocenters. The van der Waals surface area contributed by atoms with Gasteiger partial charge in [0.15, 0.2) is 0 Å². The van der Waals surface area contributed by atoms with E-state index in [9.17, 15) is 9.59 Å². The van der Waals surface area contributed by atoms with Gasteiger partial charge in [0.25, 0.3) is 5.91 Å². The Labute approximate surface area is 165 Å². The average Bonchev–Trinajstić information content (AvgIpc) is 2.70. The minimum atomic E-state index is -0.112. The molecule has 0 bridgehead atoms. The highest BCUT2D eigenvalue weighted by Gasteiger charge is 2.24. The van der Waals surface area contributed by atoms with Crippen LogP contribution in [0.5, 0.6) is 0 Å². The molecule has 148 valence electrons. The number of piperazine rings is 1. The molecular weight excluding hydrogens is 354 g/mol. The molecule has 1 aromatic heterocycles. The van der Waals surface area contributed by atoms with E-state index >= 15 is 0 Å². The van der Waals surface area contributed by atoms with E-state index in [1.807, 2.05) is 19.1 Å². The van der Waals surface area contributed by atoms with Gasteiger partial charge in [-0.15, -0.1) is 0 Å². The summed E-state index contributed by atoms with van der Waals surface area (Å²) in [4.78, 5) is 36.9. The Balaban J connectivity index is 1.54. The van der Waals surface area contributed by atoms with Crippen molar-refractivity contribution in [3.05, 3.63) is 53.6 Å². The standard InChI is InChI=1S/C21H27N5O2/c1-15(2)17-6-4-5-16(3)20(17)24-19(27)14-25-9-11-26(12-10-25)21(28)18-13-22-7-8-23-18/h4-8,13,15H,9-12,14H2,1-3H3,(H,24,27). The molecule has 1 saturated heterocycles. The second-order valence-corrected chi connectivity index (χ2v) is 7.40. The maximum Gasteiger partial charge on any atom is 0.274 e. The first kappa shape index (κ1) is 19.9. The van der Waals surface area contributed by atoms with Gasteiger partial charge < -0.3 is 10.2 Å². The van der Waals surface area contributed by atoms with Crippen LogP contribution < -0.4 is 5.32 Å². The highest BCUT2D eigenvalue weighted by molar-refractivity contribution is 5.94. The molecule has 0 unspecified atom stereocenters. The molecule has 7 heteroatoms. The number of aryl methyl sites for hydroxylation is 1. The van der Waals surface area contributed by atoms with Crippen LogP contribution in [0.4, 0.5) is 5.69 Å². The first-order valence-corrected chi connectivity index (χ1v) is 9.62. The zero-order valence-electron chi connectivity index (χ0n) is 16.7. The molecule has 3 rings (SSSR count).